The molecule has 2 heterocycles. The third-order valence-electron chi connectivity index (χ3n) is 4.42. The lowest BCUT2D eigenvalue weighted by molar-refractivity contribution is -0.139. The number of rotatable bonds is 3. The van der Waals surface area contributed by atoms with Crippen molar-refractivity contribution in [1.29, 1.82) is 0 Å². The summed E-state index contributed by atoms with van der Waals surface area (Å²) in [4.78, 5) is 41.0. The Kier molecular flexibility index (Phi) is 4.42. The Morgan fingerprint density at radius 1 is 1.25 bits per heavy atom. The molecule has 1 aromatic carbocycles. The number of amides is 3. The standard InChI is InChI=1S/C17H21N3O4/c1-12-3-5-14(6-4-12)20-9-13(2)19(11-16(20)22)15(21)10-18-7-8-24-17(18)23/h3-6,13H,7-11H2,1-2H3/t13-/m1/s1. The summed E-state index contributed by atoms with van der Waals surface area (Å²) in [5.74, 6) is -0.340. The third-order valence-corrected chi connectivity index (χ3v) is 4.42. The van der Waals surface area contributed by atoms with Gasteiger partial charge in [-0.1, -0.05) is 17.7 Å². The molecule has 7 nitrogen and oxygen atoms in total. The fourth-order valence-corrected chi connectivity index (χ4v) is 2.98. The summed E-state index contributed by atoms with van der Waals surface area (Å²) in [6.07, 6.45) is -0.472. The van der Waals surface area contributed by atoms with E-state index in [0.29, 0.717) is 19.7 Å². The van der Waals surface area contributed by atoms with Crippen LogP contribution in [0.5, 0.6) is 0 Å². The lowest BCUT2D eigenvalue weighted by Gasteiger charge is -2.39. The first-order chi connectivity index (χ1) is 11.5. The summed E-state index contributed by atoms with van der Waals surface area (Å²) in [5.41, 5.74) is 1.97. The molecule has 1 aromatic rings. The van der Waals surface area contributed by atoms with Crippen LogP contribution >= 0.6 is 0 Å². The second-order valence-electron chi connectivity index (χ2n) is 6.25. The summed E-state index contributed by atoms with van der Waals surface area (Å²) in [6.45, 7) is 5.05. The van der Waals surface area contributed by atoms with Gasteiger partial charge in [-0.2, -0.15) is 0 Å². The first kappa shape index (κ1) is 16.3. The van der Waals surface area contributed by atoms with Gasteiger partial charge in [0.15, 0.2) is 0 Å². The minimum absolute atomic E-state index is 0.0246. The van der Waals surface area contributed by atoms with Crippen LogP contribution in [0.4, 0.5) is 10.5 Å². The van der Waals surface area contributed by atoms with Gasteiger partial charge in [0.1, 0.15) is 19.7 Å². The summed E-state index contributed by atoms with van der Waals surface area (Å²) >= 11 is 0. The van der Waals surface area contributed by atoms with Crippen LogP contribution in [0.25, 0.3) is 0 Å². The molecule has 0 aliphatic carbocycles. The van der Waals surface area contributed by atoms with Gasteiger partial charge in [-0.05, 0) is 26.0 Å². The largest absolute Gasteiger partial charge is 0.448 e. The molecule has 0 unspecified atom stereocenters. The van der Waals surface area contributed by atoms with E-state index in [1.165, 1.54) is 4.90 Å². The monoisotopic (exact) mass is 331 g/mol. The van der Waals surface area contributed by atoms with Crippen LogP contribution in [0.3, 0.4) is 0 Å². The van der Waals surface area contributed by atoms with E-state index in [2.05, 4.69) is 0 Å². The first-order valence-electron chi connectivity index (χ1n) is 8.04. The van der Waals surface area contributed by atoms with Crippen LogP contribution in [-0.4, -0.2) is 66.5 Å². The van der Waals surface area contributed by atoms with Crippen molar-refractivity contribution in [2.45, 2.75) is 19.9 Å². The number of carbonyl (C=O) groups is 3. The molecule has 2 saturated heterocycles. The fourth-order valence-electron chi connectivity index (χ4n) is 2.98. The van der Waals surface area contributed by atoms with Crippen LogP contribution in [0.2, 0.25) is 0 Å². The zero-order valence-electron chi connectivity index (χ0n) is 13.9. The number of aryl methyl sites for hydroxylation is 1. The molecule has 0 saturated carbocycles. The molecule has 24 heavy (non-hydrogen) atoms. The Bertz CT molecular complexity index is 658. The topological polar surface area (TPSA) is 70.2 Å². The van der Waals surface area contributed by atoms with Gasteiger partial charge in [-0.3, -0.25) is 14.5 Å². The molecule has 0 spiro atoms. The number of hydrogen-bond acceptors (Lipinski definition) is 4. The minimum Gasteiger partial charge on any atom is -0.448 e. The van der Waals surface area contributed by atoms with E-state index >= 15 is 0 Å². The number of anilines is 1. The van der Waals surface area contributed by atoms with Crippen molar-refractivity contribution in [2.75, 3.05) is 37.7 Å². The van der Waals surface area contributed by atoms with Crippen molar-refractivity contribution in [2.24, 2.45) is 0 Å². The molecule has 2 aliphatic heterocycles. The maximum atomic E-state index is 12.5. The van der Waals surface area contributed by atoms with Crippen LogP contribution in [0.15, 0.2) is 24.3 Å². The molecular weight excluding hydrogens is 310 g/mol. The van der Waals surface area contributed by atoms with Crippen molar-refractivity contribution in [1.82, 2.24) is 9.80 Å². The number of hydrogen-bond donors (Lipinski definition) is 0. The van der Waals surface area contributed by atoms with Crippen molar-refractivity contribution in [3.8, 4) is 0 Å². The maximum Gasteiger partial charge on any atom is 0.410 e. The predicted molar refractivity (Wildman–Crippen MR) is 87.6 cm³/mol. The molecule has 1 atom stereocenters. The number of ether oxygens (including phenoxy) is 1. The summed E-state index contributed by atoms with van der Waals surface area (Å²) in [5, 5.41) is 0. The third kappa shape index (κ3) is 3.20. The Morgan fingerprint density at radius 2 is 1.96 bits per heavy atom. The number of piperazine rings is 1. The maximum absolute atomic E-state index is 12.5. The molecule has 3 rings (SSSR count). The Hall–Kier alpha value is -2.57. The van der Waals surface area contributed by atoms with E-state index in [0.717, 1.165) is 11.3 Å². The summed E-state index contributed by atoms with van der Waals surface area (Å²) < 4.78 is 4.83. The fraction of sp³-hybridized carbons (Fsp3) is 0.471. The molecule has 7 heteroatoms. The predicted octanol–water partition coefficient (Wildman–Crippen LogP) is 1.01. The first-order valence-corrected chi connectivity index (χ1v) is 8.04. The number of nitrogens with zero attached hydrogens (tertiary/aromatic N) is 3. The van der Waals surface area contributed by atoms with Crippen molar-refractivity contribution < 1.29 is 19.1 Å². The van der Waals surface area contributed by atoms with Gasteiger partial charge in [0.2, 0.25) is 11.8 Å². The van der Waals surface area contributed by atoms with E-state index in [4.69, 9.17) is 4.74 Å². The summed E-state index contributed by atoms with van der Waals surface area (Å²) in [7, 11) is 0. The molecule has 0 bridgehead atoms. The zero-order chi connectivity index (χ0) is 17.3. The van der Waals surface area contributed by atoms with Crippen molar-refractivity contribution >= 4 is 23.6 Å². The van der Waals surface area contributed by atoms with Gasteiger partial charge in [-0.15, -0.1) is 0 Å². The van der Waals surface area contributed by atoms with E-state index in [-0.39, 0.29) is 30.9 Å². The smallest absolute Gasteiger partial charge is 0.410 e. The highest BCUT2D eigenvalue weighted by Crippen LogP contribution is 2.21. The molecule has 2 fully saturated rings. The lowest BCUT2D eigenvalue weighted by Crippen LogP contribution is -2.58. The Labute approximate surface area is 140 Å². The van der Waals surface area contributed by atoms with Crippen LogP contribution in [0.1, 0.15) is 12.5 Å². The van der Waals surface area contributed by atoms with Gasteiger partial charge in [0, 0.05) is 18.3 Å². The Balaban J connectivity index is 1.66. The average Bonchev–Trinajstić information content (AvgIpc) is 2.95. The molecule has 128 valence electrons. The van der Waals surface area contributed by atoms with Crippen LogP contribution < -0.4 is 4.90 Å². The number of benzene rings is 1. The highest BCUT2D eigenvalue weighted by Gasteiger charge is 2.35. The SMILES string of the molecule is Cc1ccc(N2C[C@@H](C)N(C(=O)CN3CCOC3=O)CC2=O)cc1. The Morgan fingerprint density at radius 3 is 2.58 bits per heavy atom. The van der Waals surface area contributed by atoms with Crippen LogP contribution in [-0.2, 0) is 14.3 Å². The lowest BCUT2D eigenvalue weighted by atomic mass is 10.1. The second kappa shape index (κ2) is 6.51. The molecule has 2 aliphatic rings. The second-order valence-corrected chi connectivity index (χ2v) is 6.25. The van der Waals surface area contributed by atoms with Gasteiger partial charge >= 0.3 is 6.09 Å². The average molecular weight is 331 g/mol. The summed E-state index contributed by atoms with van der Waals surface area (Å²) in [6, 6.07) is 7.64. The molecule has 0 radical (unpaired) electrons. The molecule has 0 N–H and O–H groups in total. The van der Waals surface area contributed by atoms with Crippen LogP contribution in [0, 0.1) is 6.92 Å². The quantitative estimate of drug-likeness (QED) is 0.829. The van der Waals surface area contributed by atoms with E-state index in [9.17, 15) is 14.4 Å². The van der Waals surface area contributed by atoms with Gasteiger partial charge < -0.3 is 14.5 Å². The van der Waals surface area contributed by atoms with Gasteiger partial charge in [0.05, 0.1) is 6.54 Å². The van der Waals surface area contributed by atoms with E-state index < -0.39 is 6.09 Å². The highest BCUT2D eigenvalue weighted by atomic mass is 16.6. The number of carbonyl (C=O) groups excluding carboxylic acids is 3. The van der Waals surface area contributed by atoms with Gasteiger partial charge in [0.25, 0.3) is 0 Å². The van der Waals surface area contributed by atoms with E-state index in [1.54, 1.807) is 9.80 Å². The normalized spacial score (nSPS) is 21.2. The molecule has 3 amide bonds. The molecular formula is C17H21N3O4. The van der Waals surface area contributed by atoms with Crippen molar-refractivity contribution in [3.63, 3.8) is 0 Å². The zero-order valence-corrected chi connectivity index (χ0v) is 13.9. The van der Waals surface area contributed by atoms with Crippen molar-refractivity contribution in [3.05, 3.63) is 29.8 Å². The van der Waals surface area contributed by atoms with Gasteiger partial charge in [-0.25, -0.2) is 4.79 Å². The number of cyclic esters (lactones) is 1. The van der Waals surface area contributed by atoms with E-state index in [1.807, 2.05) is 38.1 Å². The molecule has 0 aromatic heterocycles. The highest BCUT2D eigenvalue weighted by molar-refractivity contribution is 5.98. The minimum atomic E-state index is -0.472.